The molecule has 0 aromatic heterocycles. The summed E-state index contributed by atoms with van der Waals surface area (Å²) in [7, 11) is -2.65. The van der Waals surface area contributed by atoms with Gasteiger partial charge in [-0.2, -0.15) is 0 Å². The molecule has 0 saturated heterocycles. The van der Waals surface area contributed by atoms with Crippen LogP contribution in [0.4, 0.5) is 5.69 Å². The first-order valence-electron chi connectivity index (χ1n) is 13.1. The number of carbonyl (C=O) groups is 2. The van der Waals surface area contributed by atoms with Crippen LogP contribution in [0, 0.1) is 6.92 Å². The van der Waals surface area contributed by atoms with Crippen molar-refractivity contribution in [3.63, 3.8) is 0 Å². The van der Waals surface area contributed by atoms with Crippen molar-refractivity contribution in [1.82, 2.24) is 10.2 Å². The maximum atomic E-state index is 14.2. The zero-order chi connectivity index (χ0) is 29.4. The number of carbonyl (C=O) groups excluding carboxylic acids is 2. The van der Waals surface area contributed by atoms with E-state index in [0.717, 1.165) is 21.0 Å². The van der Waals surface area contributed by atoms with E-state index in [2.05, 4.69) is 5.32 Å². The summed E-state index contributed by atoms with van der Waals surface area (Å²) in [6.07, 6.45) is 0.257. The summed E-state index contributed by atoms with van der Waals surface area (Å²) in [5, 5.41) is 3.08. The van der Waals surface area contributed by atoms with Crippen molar-refractivity contribution in [2.24, 2.45) is 0 Å². The molecule has 0 heterocycles. The SMILES string of the molecule is CNC(=O)C(Cc1ccccc1)N(Cc1ccccc1)C(=O)CN(c1ccc(C)cc1)S(=O)(=O)c1ccc(Cl)cc1. The molecule has 0 spiro atoms. The summed E-state index contributed by atoms with van der Waals surface area (Å²) in [5.41, 5.74) is 2.96. The van der Waals surface area contributed by atoms with Gasteiger partial charge >= 0.3 is 0 Å². The van der Waals surface area contributed by atoms with E-state index < -0.39 is 28.5 Å². The molecule has 4 aromatic rings. The fourth-order valence-electron chi connectivity index (χ4n) is 4.47. The number of hydrogen-bond acceptors (Lipinski definition) is 4. The quantitative estimate of drug-likeness (QED) is 0.260. The molecule has 9 heteroatoms. The fourth-order valence-corrected chi connectivity index (χ4v) is 6.01. The molecule has 1 atom stereocenters. The van der Waals surface area contributed by atoms with Crippen LogP contribution >= 0.6 is 11.6 Å². The normalized spacial score (nSPS) is 11.9. The smallest absolute Gasteiger partial charge is 0.264 e. The van der Waals surface area contributed by atoms with Gasteiger partial charge in [-0.25, -0.2) is 8.42 Å². The number of aryl methyl sites for hydroxylation is 1. The predicted molar refractivity (Wildman–Crippen MR) is 162 cm³/mol. The lowest BCUT2D eigenvalue weighted by atomic mass is 10.0. The molecule has 0 saturated carbocycles. The number of rotatable bonds is 11. The first-order chi connectivity index (χ1) is 19.7. The van der Waals surface area contributed by atoms with Gasteiger partial charge in [0.2, 0.25) is 11.8 Å². The van der Waals surface area contributed by atoms with E-state index in [4.69, 9.17) is 11.6 Å². The Morgan fingerprint density at radius 2 is 1.37 bits per heavy atom. The Balaban J connectivity index is 1.77. The average molecular weight is 590 g/mol. The highest BCUT2D eigenvalue weighted by molar-refractivity contribution is 7.92. The molecular weight excluding hydrogens is 558 g/mol. The molecule has 0 fully saturated rings. The average Bonchev–Trinajstić information content (AvgIpc) is 2.99. The van der Waals surface area contributed by atoms with Gasteiger partial charge in [0, 0.05) is 25.0 Å². The molecule has 4 aromatic carbocycles. The number of anilines is 1. The molecule has 0 bridgehead atoms. The van der Waals surface area contributed by atoms with Crippen molar-refractivity contribution >= 4 is 39.1 Å². The van der Waals surface area contributed by atoms with Crippen LogP contribution in [0.2, 0.25) is 5.02 Å². The number of benzene rings is 4. The van der Waals surface area contributed by atoms with Crippen LogP contribution in [0.5, 0.6) is 0 Å². The van der Waals surface area contributed by atoms with Crippen LogP contribution in [0.15, 0.2) is 114 Å². The monoisotopic (exact) mass is 589 g/mol. The minimum atomic E-state index is -4.17. The van der Waals surface area contributed by atoms with Crippen molar-refractivity contribution in [3.05, 3.63) is 131 Å². The third kappa shape index (κ3) is 7.54. The molecule has 4 rings (SSSR count). The minimum absolute atomic E-state index is 0.00276. The summed E-state index contributed by atoms with van der Waals surface area (Å²) < 4.78 is 28.9. The molecule has 0 radical (unpaired) electrons. The van der Waals surface area contributed by atoms with E-state index in [0.29, 0.717) is 10.7 Å². The number of halogens is 1. The molecule has 1 unspecified atom stereocenters. The molecule has 1 N–H and O–H groups in total. The van der Waals surface area contributed by atoms with E-state index in [1.165, 1.54) is 36.2 Å². The second-order valence-electron chi connectivity index (χ2n) is 9.63. The van der Waals surface area contributed by atoms with Crippen molar-refractivity contribution in [2.45, 2.75) is 30.8 Å². The number of nitrogens with one attached hydrogen (secondary N) is 1. The van der Waals surface area contributed by atoms with Crippen LogP contribution in [0.3, 0.4) is 0 Å². The van der Waals surface area contributed by atoms with Gasteiger partial charge in [-0.15, -0.1) is 0 Å². The number of hydrogen-bond donors (Lipinski definition) is 1. The summed E-state index contributed by atoms with van der Waals surface area (Å²) in [6.45, 7) is 1.50. The third-order valence-electron chi connectivity index (χ3n) is 6.72. The highest BCUT2D eigenvalue weighted by Gasteiger charge is 2.34. The van der Waals surface area contributed by atoms with Crippen molar-refractivity contribution in [2.75, 3.05) is 17.9 Å². The zero-order valence-electron chi connectivity index (χ0n) is 22.9. The van der Waals surface area contributed by atoms with Gasteiger partial charge in [0.25, 0.3) is 10.0 Å². The summed E-state index contributed by atoms with van der Waals surface area (Å²) >= 11 is 6.02. The number of likely N-dealkylation sites (N-methyl/N-ethyl adjacent to an activating group) is 1. The zero-order valence-corrected chi connectivity index (χ0v) is 24.5. The molecule has 0 aliphatic heterocycles. The Morgan fingerprint density at radius 1 is 0.805 bits per heavy atom. The van der Waals surface area contributed by atoms with Gasteiger partial charge in [-0.3, -0.25) is 13.9 Å². The van der Waals surface area contributed by atoms with Crippen molar-refractivity contribution < 1.29 is 18.0 Å². The molecule has 7 nitrogen and oxygen atoms in total. The largest absolute Gasteiger partial charge is 0.357 e. The van der Waals surface area contributed by atoms with Gasteiger partial charge in [0.1, 0.15) is 12.6 Å². The van der Waals surface area contributed by atoms with Gasteiger partial charge in [-0.1, -0.05) is 90.0 Å². The lowest BCUT2D eigenvalue weighted by molar-refractivity contribution is -0.139. The number of amides is 2. The van der Waals surface area contributed by atoms with Crippen molar-refractivity contribution in [1.29, 1.82) is 0 Å². The Bertz CT molecular complexity index is 1560. The van der Waals surface area contributed by atoms with Crippen LogP contribution in [-0.2, 0) is 32.6 Å². The second kappa shape index (κ2) is 13.5. The first kappa shape index (κ1) is 29.8. The summed E-state index contributed by atoms with van der Waals surface area (Å²) in [4.78, 5) is 28.9. The standard InChI is InChI=1S/C32H32ClN3O4S/c1-24-13-17-28(18-14-24)36(41(39,40)29-19-15-27(33)16-20-29)23-31(37)35(22-26-11-7-4-8-12-26)30(32(38)34-2)21-25-9-5-3-6-10-25/h3-20,30H,21-23H2,1-2H3,(H,34,38). The van der Waals surface area contributed by atoms with E-state index in [9.17, 15) is 18.0 Å². The van der Waals surface area contributed by atoms with Crippen LogP contribution in [-0.4, -0.2) is 44.8 Å². The number of sulfonamides is 1. The molecular formula is C32H32ClN3O4S. The third-order valence-corrected chi connectivity index (χ3v) is 8.76. The van der Waals surface area contributed by atoms with Gasteiger partial charge in [-0.05, 0) is 54.4 Å². The highest BCUT2D eigenvalue weighted by Crippen LogP contribution is 2.26. The second-order valence-corrected chi connectivity index (χ2v) is 11.9. The Hall–Kier alpha value is -4.14. The van der Waals surface area contributed by atoms with Crippen LogP contribution < -0.4 is 9.62 Å². The molecule has 2 amide bonds. The van der Waals surface area contributed by atoms with E-state index >= 15 is 0 Å². The van der Waals surface area contributed by atoms with Crippen LogP contribution in [0.25, 0.3) is 0 Å². The van der Waals surface area contributed by atoms with Gasteiger partial charge in [0.15, 0.2) is 0 Å². The van der Waals surface area contributed by atoms with Gasteiger partial charge < -0.3 is 10.2 Å². The number of nitrogens with zero attached hydrogens (tertiary/aromatic N) is 2. The predicted octanol–water partition coefficient (Wildman–Crippen LogP) is 5.23. The Morgan fingerprint density at radius 3 is 1.93 bits per heavy atom. The maximum absolute atomic E-state index is 14.2. The molecule has 212 valence electrons. The molecule has 0 aliphatic carbocycles. The van der Waals surface area contributed by atoms with Crippen LogP contribution in [0.1, 0.15) is 16.7 Å². The maximum Gasteiger partial charge on any atom is 0.264 e. The molecule has 41 heavy (non-hydrogen) atoms. The highest BCUT2D eigenvalue weighted by atomic mass is 35.5. The van der Waals surface area contributed by atoms with E-state index in [-0.39, 0.29) is 23.8 Å². The summed E-state index contributed by atoms with van der Waals surface area (Å²) in [6, 6.07) is 30.6. The molecule has 0 aliphatic rings. The fraction of sp³-hybridized carbons (Fsp3) is 0.188. The topological polar surface area (TPSA) is 86.8 Å². The minimum Gasteiger partial charge on any atom is -0.357 e. The Kier molecular flexibility index (Phi) is 9.81. The first-order valence-corrected chi connectivity index (χ1v) is 14.9. The summed E-state index contributed by atoms with van der Waals surface area (Å²) in [5.74, 6) is -0.864. The Labute approximate surface area is 246 Å². The lowest BCUT2D eigenvalue weighted by Crippen LogP contribution is -2.53. The van der Waals surface area contributed by atoms with E-state index in [1.54, 1.807) is 24.3 Å². The van der Waals surface area contributed by atoms with Crippen molar-refractivity contribution in [3.8, 4) is 0 Å². The lowest BCUT2D eigenvalue weighted by Gasteiger charge is -2.33. The van der Waals surface area contributed by atoms with Gasteiger partial charge in [0.05, 0.1) is 10.6 Å². The van der Waals surface area contributed by atoms with E-state index in [1.807, 2.05) is 67.6 Å².